The first kappa shape index (κ1) is 22.9. The fourth-order valence-corrected chi connectivity index (χ4v) is 3.93. The van der Waals surface area contributed by atoms with Gasteiger partial charge in [0.15, 0.2) is 0 Å². The molecule has 7 nitrogen and oxygen atoms in total. The number of carbonyl (C=O) groups is 2. The van der Waals surface area contributed by atoms with E-state index in [-0.39, 0.29) is 30.9 Å². The van der Waals surface area contributed by atoms with Crippen LogP contribution in [0.15, 0.2) is 48.5 Å². The zero-order valence-electron chi connectivity index (χ0n) is 17.7. The van der Waals surface area contributed by atoms with E-state index < -0.39 is 0 Å². The molecular weight excluding hydrogens is 416 g/mol. The van der Waals surface area contributed by atoms with E-state index in [1.807, 2.05) is 24.3 Å². The topological polar surface area (TPSA) is 82.7 Å². The van der Waals surface area contributed by atoms with Crippen LogP contribution in [0.3, 0.4) is 0 Å². The van der Waals surface area contributed by atoms with Gasteiger partial charge >= 0.3 is 6.03 Å². The smallest absolute Gasteiger partial charge is 0.319 e. The van der Waals surface area contributed by atoms with Crippen molar-refractivity contribution in [2.75, 3.05) is 38.6 Å². The molecule has 0 saturated carbocycles. The number of urea groups is 1. The Hall–Kier alpha value is -2.77. The molecule has 3 amide bonds. The van der Waals surface area contributed by atoms with Crippen LogP contribution in [0.4, 0.5) is 10.5 Å². The van der Waals surface area contributed by atoms with Gasteiger partial charge in [0.05, 0.1) is 13.2 Å². The van der Waals surface area contributed by atoms with E-state index in [9.17, 15) is 9.59 Å². The second-order valence-electron chi connectivity index (χ2n) is 7.44. The van der Waals surface area contributed by atoms with Crippen molar-refractivity contribution in [2.45, 2.75) is 25.3 Å². The van der Waals surface area contributed by atoms with Crippen LogP contribution in [-0.4, -0.2) is 50.1 Å². The number of methoxy groups -OCH3 is 1. The molecule has 166 valence electrons. The summed E-state index contributed by atoms with van der Waals surface area (Å²) in [6.07, 6.45) is 2.51. The molecule has 0 bridgehead atoms. The minimum atomic E-state index is -0.357. The second-order valence-corrected chi connectivity index (χ2v) is 7.85. The summed E-state index contributed by atoms with van der Waals surface area (Å²) in [5.74, 6) is 0.604. The number of nitrogens with zero attached hydrogens (tertiary/aromatic N) is 1. The highest BCUT2D eigenvalue weighted by Gasteiger charge is 2.25. The summed E-state index contributed by atoms with van der Waals surface area (Å²) in [5.41, 5.74) is 1.68. The van der Waals surface area contributed by atoms with Gasteiger partial charge in [-0.05, 0) is 61.8 Å². The number of nitrogens with one attached hydrogen (secondary N) is 3. The molecule has 1 heterocycles. The van der Waals surface area contributed by atoms with E-state index in [1.165, 1.54) is 0 Å². The third-order valence-corrected chi connectivity index (χ3v) is 5.67. The van der Waals surface area contributed by atoms with E-state index in [0.717, 1.165) is 31.5 Å². The lowest BCUT2D eigenvalue weighted by Crippen LogP contribution is -2.38. The molecule has 2 aromatic carbocycles. The maximum Gasteiger partial charge on any atom is 0.319 e. The average Bonchev–Trinajstić information content (AvgIpc) is 3.30. The summed E-state index contributed by atoms with van der Waals surface area (Å²) in [4.78, 5) is 26.7. The molecular formula is C23H29ClN4O3. The van der Waals surface area contributed by atoms with Gasteiger partial charge in [-0.1, -0.05) is 29.8 Å². The average molecular weight is 445 g/mol. The Labute approximate surface area is 188 Å². The van der Waals surface area contributed by atoms with Crippen LogP contribution in [0.25, 0.3) is 0 Å². The van der Waals surface area contributed by atoms with Crippen molar-refractivity contribution in [3.05, 3.63) is 59.1 Å². The summed E-state index contributed by atoms with van der Waals surface area (Å²) in [5, 5.41) is 9.13. The van der Waals surface area contributed by atoms with Crippen molar-refractivity contribution in [2.24, 2.45) is 0 Å². The first-order chi connectivity index (χ1) is 15.1. The predicted octanol–water partition coefficient (Wildman–Crippen LogP) is 3.81. The fourth-order valence-electron chi connectivity index (χ4n) is 3.67. The third-order valence-electron chi connectivity index (χ3n) is 5.32. The number of anilines is 1. The van der Waals surface area contributed by atoms with Crippen molar-refractivity contribution < 1.29 is 14.3 Å². The molecule has 2 aromatic rings. The lowest BCUT2D eigenvalue weighted by molar-refractivity contribution is -0.121. The maximum absolute atomic E-state index is 12.3. The lowest BCUT2D eigenvalue weighted by atomic mass is 10.1. The van der Waals surface area contributed by atoms with E-state index in [1.54, 1.807) is 31.4 Å². The molecule has 1 aliphatic rings. The predicted molar refractivity (Wildman–Crippen MR) is 123 cm³/mol. The van der Waals surface area contributed by atoms with Crippen molar-refractivity contribution >= 4 is 29.2 Å². The summed E-state index contributed by atoms with van der Waals surface area (Å²) in [6, 6.07) is 14.5. The van der Waals surface area contributed by atoms with Gasteiger partial charge in [-0.25, -0.2) is 4.79 Å². The number of amides is 3. The Kier molecular flexibility index (Phi) is 8.55. The van der Waals surface area contributed by atoms with Crippen LogP contribution in [0.5, 0.6) is 5.75 Å². The van der Waals surface area contributed by atoms with Crippen LogP contribution in [0.1, 0.15) is 30.9 Å². The fraction of sp³-hybridized carbons (Fsp3) is 0.391. The minimum absolute atomic E-state index is 0.0477. The molecule has 0 unspecified atom stereocenters. The van der Waals surface area contributed by atoms with Crippen molar-refractivity contribution in [3.63, 3.8) is 0 Å². The number of hydrogen-bond donors (Lipinski definition) is 3. The van der Waals surface area contributed by atoms with Crippen LogP contribution in [-0.2, 0) is 4.79 Å². The highest BCUT2D eigenvalue weighted by atomic mass is 35.5. The quantitative estimate of drug-likeness (QED) is 0.549. The molecule has 3 N–H and O–H groups in total. The zero-order valence-corrected chi connectivity index (χ0v) is 18.5. The summed E-state index contributed by atoms with van der Waals surface area (Å²) in [6.45, 7) is 2.73. The molecule has 3 rings (SSSR count). The lowest BCUT2D eigenvalue weighted by Gasteiger charge is -2.29. The Morgan fingerprint density at radius 3 is 2.45 bits per heavy atom. The van der Waals surface area contributed by atoms with Gasteiger partial charge < -0.3 is 20.7 Å². The number of ether oxygens (including phenoxy) is 1. The number of halogens is 1. The van der Waals surface area contributed by atoms with Crippen molar-refractivity contribution in [1.82, 2.24) is 15.5 Å². The van der Waals surface area contributed by atoms with Crippen molar-refractivity contribution in [1.29, 1.82) is 0 Å². The monoisotopic (exact) mass is 444 g/mol. The molecule has 1 fully saturated rings. The van der Waals surface area contributed by atoms with E-state index in [2.05, 4.69) is 20.9 Å². The highest BCUT2D eigenvalue weighted by Crippen LogP contribution is 2.29. The van der Waals surface area contributed by atoms with Gasteiger partial charge in [0.25, 0.3) is 0 Å². The maximum atomic E-state index is 12.3. The highest BCUT2D eigenvalue weighted by molar-refractivity contribution is 6.31. The Morgan fingerprint density at radius 1 is 1.06 bits per heavy atom. The number of carbonyl (C=O) groups excluding carboxylic acids is 2. The number of likely N-dealkylation sites (tertiary alicyclic amines) is 1. The summed E-state index contributed by atoms with van der Waals surface area (Å²) >= 11 is 6.41. The molecule has 0 aliphatic carbocycles. The van der Waals surface area contributed by atoms with E-state index in [4.69, 9.17) is 16.3 Å². The third kappa shape index (κ3) is 6.87. The first-order valence-corrected chi connectivity index (χ1v) is 10.9. The Morgan fingerprint density at radius 2 is 1.77 bits per heavy atom. The van der Waals surface area contributed by atoms with E-state index in [0.29, 0.717) is 23.0 Å². The number of benzene rings is 2. The normalized spacial score (nSPS) is 14.6. The molecule has 8 heteroatoms. The molecule has 1 atom stereocenters. The van der Waals surface area contributed by atoms with Gasteiger partial charge in [-0.2, -0.15) is 0 Å². The summed E-state index contributed by atoms with van der Waals surface area (Å²) in [7, 11) is 1.59. The van der Waals surface area contributed by atoms with Crippen LogP contribution in [0, 0.1) is 0 Å². The first-order valence-electron chi connectivity index (χ1n) is 10.5. The molecule has 0 spiro atoms. The molecule has 1 saturated heterocycles. The van der Waals surface area contributed by atoms with Crippen LogP contribution >= 0.6 is 11.6 Å². The minimum Gasteiger partial charge on any atom is -0.497 e. The van der Waals surface area contributed by atoms with Crippen LogP contribution < -0.4 is 20.7 Å². The molecule has 1 aliphatic heterocycles. The van der Waals surface area contributed by atoms with E-state index >= 15 is 0 Å². The van der Waals surface area contributed by atoms with Gasteiger partial charge in [0, 0.05) is 30.2 Å². The largest absolute Gasteiger partial charge is 0.497 e. The van der Waals surface area contributed by atoms with Gasteiger partial charge in [-0.3, -0.25) is 9.69 Å². The summed E-state index contributed by atoms with van der Waals surface area (Å²) < 4.78 is 5.09. The number of rotatable bonds is 9. The standard InChI is InChI=1S/C23H29ClN4O3/c1-31-18-10-8-17(9-11-18)27-23(30)25-13-12-22(29)26-16-21(28-14-4-5-15-28)19-6-2-3-7-20(19)24/h2-3,6-11,21H,4-5,12-16H2,1H3,(H,26,29)(H2,25,27,30)/t21-/m0/s1. The Balaban J connectivity index is 1.43. The van der Waals surface area contributed by atoms with Gasteiger partial charge in [-0.15, -0.1) is 0 Å². The van der Waals surface area contributed by atoms with Gasteiger partial charge in [0.2, 0.25) is 5.91 Å². The Bertz CT molecular complexity index is 869. The molecule has 31 heavy (non-hydrogen) atoms. The molecule has 0 radical (unpaired) electrons. The van der Waals surface area contributed by atoms with Gasteiger partial charge in [0.1, 0.15) is 5.75 Å². The molecule has 0 aromatic heterocycles. The zero-order chi connectivity index (χ0) is 22.1. The van der Waals surface area contributed by atoms with Crippen LogP contribution in [0.2, 0.25) is 5.02 Å². The SMILES string of the molecule is COc1ccc(NC(=O)NCCC(=O)NC[C@@H](c2ccccc2Cl)N2CCCC2)cc1. The van der Waals surface area contributed by atoms with Crippen molar-refractivity contribution in [3.8, 4) is 5.75 Å². The second kappa shape index (κ2) is 11.6. The number of hydrogen-bond acceptors (Lipinski definition) is 4.